The zero-order valence-electron chi connectivity index (χ0n) is 13.5. The van der Waals surface area contributed by atoms with Crippen LogP contribution in [-0.2, 0) is 6.54 Å². The van der Waals surface area contributed by atoms with E-state index in [2.05, 4.69) is 41.7 Å². The molecule has 0 saturated heterocycles. The minimum Gasteiger partial charge on any atom is -0.308 e. The fraction of sp³-hybridized carbons (Fsp3) is 0.706. The molecule has 1 atom stereocenters. The zero-order valence-corrected chi connectivity index (χ0v) is 14.3. The van der Waals surface area contributed by atoms with Crippen LogP contribution in [0.5, 0.6) is 0 Å². The Balaban J connectivity index is 1.66. The van der Waals surface area contributed by atoms with Crippen molar-refractivity contribution < 1.29 is 0 Å². The van der Waals surface area contributed by atoms with E-state index in [0.717, 1.165) is 17.4 Å². The summed E-state index contributed by atoms with van der Waals surface area (Å²) in [6, 6.07) is 0.604. The summed E-state index contributed by atoms with van der Waals surface area (Å²) in [7, 11) is 0. The predicted molar refractivity (Wildman–Crippen MR) is 90.0 cm³/mol. The number of nitrogens with zero attached hydrogens (tertiary/aromatic N) is 2. The van der Waals surface area contributed by atoms with Crippen LogP contribution in [0.25, 0.3) is 4.96 Å². The molecule has 3 nitrogen and oxygen atoms in total. The molecule has 0 bridgehead atoms. The Morgan fingerprint density at radius 1 is 1.29 bits per heavy atom. The molecule has 1 N–H and O–H groups in total. The zero-order chi connectivity index (χ0) is 14.8. The molecule has 0 aromatic carbocycles. The van der Waals surface area contributed by atoms with Crippen molar-refractivity contribution >= 4 is 16.3 Å². The highest BCUT2D eigenvalue weighted by Gasteiger charge is 2.19. The first-order chi connectivity index (χ1) is 10.1. The van der Waals surface area contributed by atoms with Gasteiger partial charge in [0.2, 0.25) is 0 Å². The number of aryl methyl sites for hydroxylation is 2. The fourth-order valence-electron chi connectivity index (χ4n) is 3.56. The van der Waals surface area contributed by atoms with Crippen molar-refractivity contribution in [1.29, 1.82) is 0 Å². The summed E-state index contributed by atoms with van der Waals surface area (Å²) in [5.41, 5.74) is 2.50. The van der Waals surface area contributed by atoms with Crippen molar-refractivity contribution in [2.45, 2.75) is 71.9 Å². The molecule has 1 aliphatic rings. The van der Waals surface area contributed by atoms with Crippen LogP contribution in [0.1, 0.15) is 61.7 Å². The Kier molecular flexibility index (Phi) is 4.65. The molecule has 1 fully saturated rings. The highest BCUT2D eigenvalue weighted by molar-refractivity contribution is 7.17. The molecule has 2 heterocycles. The van der Waals surface area contributed by atoms with Gasteiger partial charge in [-0.2, -0.15) is 0 Å². The Labute approximate surface area is 131 Å². The Hall–Kier alpha value is -0.870. The van der Waals surface area contributed by atoms with Gasteiger partial charge in [0, 0.05) is 23.7 Å². The number of hydrogen-bond donors (Lipinski definition) is 1. The van der Waals surface area contributed by atoms with Gasteiger partial charge >= 0.3 is 0 Å². The van der Waals surface area contributed by atoms with Gasteiger partial charge in [-0.25, -0.2) is 4.98 Å². The molecule has 2 aromatic heterocycles. The summed E-state index contributed by atoms with van der Waals surface area (Å²) >= 11 is 1.78. The lowest BCUT2D eigenvalue weighted by Crippen LogP contribution is -2.33. The summed E-state index contributed by atoms with van der Waals surface area (Å²) < 4.78 is 2.27. The molecule has 1 aliphatic carbocycles. The molecule has 116 valence electrons. The SMILES string of the molecule is Cc1cn2c(CN[C@@H](C)C3CCCCCC3)c(C)nc2s1. The van der Waals surface area contributed by atoms with E-state index in [-0.39, 0.29) is 0 Å². The molecule has 0 amide bonds. The summed E-state index contributed by atoms with van der Waals surface area (Å²) in [6.07, 6.45) is 10.7. The first-order valence-corrected chi connectivity index (χ1v) is 9.14. The summed E-state index contributed by atoms with van der Waals surface area (Å²) in [5.74, 6) is 0.848. The van der Waals surface area contributed by atoms with E-state index in [1.807, 2.05) is 0 Å². The van der Waals surface area contributed by atoms with Gasteiger partial charge in [-0.1, -0.05) is 25.7 Å². The maximum Gasteiger partial charge on any atom is 0.194 e. The highest BCUT2D eigenvalue weighted by Crippen LogP contribution is 2.26. The third-order valence-corrected chi connectivity index (χ3v) is 5.84. The van der Waals surface area contributed by atoms with Crippen molar-refractivity contribution in [3.05, 3.63) is 22.5 Å². The number of fused-ring (bicyclic) bond motifs is 1. The largest absolute Gasteiger partial charge is 0.308 e. The topological polar surface area (TPSA) is 29.3 Å². The van der Waals surface area contributed by atoms with E-state index in [1.54, 1.807) is 11.3 Å². The monoisotopic (exact) mass is 305 g/mol. The highest BCUT2D eigenvalue weighted by atomic mass is 32.1. The van der Waals surface area contributed by atoms with Crippen LogP contribution >= 0.6 is 11.3 Å². The van der Waals surface area contributed by atoms with Gasteiger partial charge in [0.15, 0.2) is 4.96 Å². The summed E-state index contributed by atoms with van der Waals surface area (Å²) in [5, 5.41) is 3.77. The van der Waals surface area contributed by atoms with Gasteiger partial charge in [0.05, 0.1) is 11.4 Å². The van der Waals surface area contributed by atoms with Crippen LogP contribution in [-0.4, -0.2) is 15.4 Å². The number of nitrogens with one attached hydrogen (secondary N) is 1. The number of rotatable bonds is 4. The first-order valence-electron chi connectivity index (χ1n) is 8.32. The standard InChI is InChI=1S/C17H27N3S/c1-12-11-20-16(14(3)19-17(20)21-12)10-18-13(2)15-8-6-4-5-7-9-15/h11,13,15,18H,4-10H2,1-3H3/t13-/m0/s1. The molecule has 0 aliphatic heterocycles. The Bertz CT molecular complexity index is 590. The minimum atomic E-state index is 0.604. The van der Waals surface area contributed by atoms with Gasteiger partial charge in [0.25, 0.3) is 0 Å². The maximum absolute atomic E-state index is 4.68. The molecule has 2 aromatic rings. The molecular formula is C17H27N3S. The van der Waals surface area contributed by atoms with Gasteiger partial charge in [-0.3, -0.25) is 4.40 Å². The molecule has 0 unspecified atom stereocenters. The van der Waals surface area contributed by atoms with E-state index in [9.17, 15) is 0 Å². The van der Waals surface area contributed by atoms with E-state index < -0.39 is 0 Å². The number of hydrogen-bond acceptors (Lipinski definition) is 3. The second kappa shape index (κ2) is 6.49. The molecule has 3 rings (SSSR count). The van der Waals surface area contributed by atoms with Gasteiger partial charge in [-0.15, -0.1) is 11.3 Å². The van der Waals surface area contributed by atoms with Crippen molar-refractivity contribution in [1.82, 2.24) is 14.7 Å². The van der Waals surface area contributed by atoms with Gasteiger partial charge in [0.1, 0.15) is 0 Å². The lowest BCUT2D eigenvalue weighted by atomic mass is 9.93. The van der Waals surface area contributed by atoms with Crippen LogP contribution in [0.3, 0.4) is 0 Å². The number of thiazole rings is 1. The Morgan fingerprint density at radius 2 is 2.00 bits per heavy atom. The molecule has 0 spiro atoms. The van der Waals surface area contributed by atoms with Crippen LogP contribution in [0.4, 0.5) is 0 Å². The van der Waals surface area contributed by atoms with Crippen LogP contribution in [0.15, 0.2) is 6.20 Å². The normalized spacial score (nSPS) is 19.0. The third-order valence-electron chi connectivity index (χ3n) is 4.94. The Morgan fingerprint density at radius 3 is 2.71 bits per heavy atom. The lowest BCUT2D eigenvalue weighted by Gasteiger charge is -2.23. The van der Waals surface area contributed by atoms with Crippen molar-refractivity contribution in [3.8, 4) is 0 Å². The number of aromatic nitrogens is 2. The fourth-order valence-corrected chi connectivity index (χ4v) is 4.45. The van der Waals surface area contributed by atoms with Crippen LogP contribution in [0.2, 0.25) is 0 Å². The van der Waals surface area contributed by atoms with Gasteiger partial charge in [-0.05, 0) is 39.5 Å². The third kappa shape index (κ3) is 3.32. The second-order valence-corrected chi connectivity index (χ2v) is 7.77. The van der Waals surface area contributed by atoms with Crippen molar-refractivity contribution in [2.24, 2.45) is 5.92 Å². The van der Waals surface area contributed by atoms with Gasteiger partial charge < -0.3 is 5.32 Å². The van der Waals surface area contributed by atoms with E-state index >= 15 is 0 Å². The average Bonchev–Trinajstić information content (AvgIpc) is 2.82. The maximum atomic E-state index is 4.68. The predicted octanol–water partition coefficient (Wildman–Crippen LogP) is 4.46. The molecule has 0 radical (unpaired) electrons. The van der Waals surface area contributed by atoms with Crippen molar-refractivity contribution in [3.63, 3.8) is 0 Å². The lowest BCUT2D eigenvalue weighted by molar-refractivity contribution is 0.335. The van der Waals surface area contributed by atoms with E-state index in [1.165, 1.54) is 54.8 Å². The number of imidazole rings is 1. The second-order valence-electron chi connectivity index (χ2n) is 6.56. The van der Waals surface area contributed by atoms with Crippen LogP contribution < -0.4 is 5.32 Å². The molecule has 4 heteroatoms. The smallest absolute Gasteiger partial charge is 0.194 e. The molecule has 1 saturated carbocycles. The van der Waals surface area contributed by atoms with Crippen LogP contribution in [0, 0.1) is 19.8 Å². The summed E-state index contributed by atoms with van der Waals surface area (Å²) in [6.45, 7) is 7.58. The van der Waals surface area contributed by atoms with E-state index in [4.69, 9.17) is 0 Å². The van der Waals surface area contributed by atoms with Crippen molar-refractivity contribution in [2.75, 3.05) is 0 Å². The molecular weight excluding hydrogens is 278 g/mol. The molecule has 21 heavy (non-hydrogen) atoms. The average molecular weight is 305 g/mol. The minimum absolute atomic E-state index is 0.604. The summed E-state index contributed by atoms with van der Waals surface area (Å²) in [4.78, 5) is 7.14. The first kappa shape index (κ1) is 15.0. The quantitative estimate of drug-likeness (QED) is 0.845. The van der Waals surface area contributed by atoms with E-state index in [0.29, 0.717) is 6.04 Å².